The summed E-state index contributed by atoms with van der Waals surface area (Å²) in [6.45, 7) is 0. The van der Waals surface area contributed by atoms with Gasteiger partial charge in [0.2, 0.25) is 0 Å². The fourth-order valence-corrected chi connectivity index (χ4v) is 6.73. The second kappa shape index (κ2) is 9.19. The Balaban J connectivity index is 1.24. The lowest BCUT2D eigenvalue weighted by Gasteiger charge is -2.31. The quantitative estimate of drug-likeness (QED) is 0.229. The van der Waals surface area contributed by atoms with Crippen LogP contribution >= 0.6 is 0 Å². The monoisotopic (exact) mass is 481 g/mol. The van der Waals surface area contributed by atoms with Crippen LogP contribution in [0.25, 0.3) is 10.8 Å². The molecule has 4 aromatic rings. The molecular formula is C35H31NO. The summed E-state index contributed by atoms with van der Waals surface area (Å²) < 4.78 is 6.49. The Kier molecular flexibility index (Phi) is 5.54. The van der Waals surface area contributed by atoms with Crippen molar-refractivity contribution in [3.8, 4) is 5.75 Å². The van der Waals surface area contributed by atoms with E-state index in [4.69, 9.17) is 10.1 Å². The number of nitrogens with one attached hydrogen (secondary N) is 1. The van der Waals surface area contributed by atoms with E-state index >= 15 is 0 Å². The van der Waals surface area contributed by atoms with E-state index in [0.29, 0.717) is 17.5 Å². The van der Waals surface area contributed by atoms with Crippen molar-refractivity contribution in [2.24, 2.45) is 0 Å². The Hall–Kier alpha value is -3.91. The molecule has 4 atom stereocenters. The maximum Gasteiger partial charge on any atom is 0.124 e. The molecule has 3 aliphatic rings. The molecule has 0 saturated carbocycles. The first-order valence-corrected chi connectivity index (χ1v) is 13.6. The minimum Gasteiger partial charge on any atom is -0.485 e. The molecule has 0 aromatic heterocycles. The zero-order valence-electron chi connectivity index (χ0n) is 20.9. The summed E-state index contributed by atoms with van der Waals surface area (Å²) in [5.74, 6) is 2.01. The zero-order chi connectivity index (χ0) is 24.8. The van der Waals surface area contributed by atoms with E-state index < -0.39 is 0 Å². The lowest BCUT2D eigenvalue weighted by atomic mass is 9.73. The number of rotatable bonds is 4. The third kappa shape index (κ3) is 3.92. The van der Waals surface area contributed by atoms with Crippen LogP contribution in [0.15, 0.2) is 115 Å². The SMILES string of the molecule is N=C(C1=CCCCC1c1cccc(C2CC=CC3Oc4cc5ccccc5cc4C32)c1)c1ccccc1. The maximum absolute atomic E-state index is 9.00. The molecule has 0 radical (unpaired) electrons. The summed E-state index contributed by atoms with van der Waals surface area (Å²) in [6, 6.07) is 32.6. The van der Waals surface area contributed by atoms with Gasteiger partial charge in [0.1, 0.15) is 11.9 Å². The molecule has 0 saturated heterocycles. The van der Waals surface area contributed by atoms with Gasteiger partial charge in [-0.1, -0.05) is 91.0 Å². The van der Waals surface area contributed by atoms with E-state index in [1.165, 1.54) is 39.5 Å². The summed E-state index contributed by atoms with van der Waals surface area (Å²) in [7, 11) is 0. The molecule has 0 spiro atoms. The van der Waals surface area contributed by atoms with Crippen molar-refractivity contribution in [1.29, 1.82) is 5.41 Å². The van der Waals surface area contributed by atoms with Crippen LogP contribution in [0.5, 0.6) is 5.75 Å². The molecule has 0 bridgehead atoms. The van der Waals surface area contributed by atoms with Gasteiger partial charge >= 0.3 is 0 Å². The number of ether oxygens (including phenoxy) is 1. The van der Waals surface area contributed by atoms with Gasteiger partial charge in [0.15, 0.2) is 0 Å². The normalized spacial score (nSPS) is 24.2. The Morgan fingerprint density at radius 1 is 0.811 bits per heavy atom. The van der Waals surface area contributed by atoms with Gasteiger partial charge in [-0.15, -0.1) is 0 Å². The fourth-order valence-electron chi connectivity index (χ4n) is 6.73. The lowest BCUT2D eigenvalue weighted by molar-refractivity contribution is 0.232. The minimum absolute atomic E-state index is 0.0885. The Morgan fingerprint density at radius 3 is 2.46 bits per heavy atom. The number of allylic oxidation sites excluding steroid dienone is 3. The highest BCUT2D eigenvalue weighted by atomic mass is 16.5. The molecule has 1 N–H and O–H groups in total. The molecule has 2 aliphatic carbocycles. The molecule has 37 heavy (non-hydrogen) atoms. The first kappa shape index (κ1) is 22.3. The molecule has 7 rings (SSSR count). The van der Waals surface area contributed by atoms with Crippen LogP contribution in [0.4, 0.5) is 0 Å². The molecule has 1 heterocycles. The second-order valence-corrected chi connectivity index (χ2v) is 10.7. The Morgan fingerprint density at radius 2 is 1.59 bits per heavy atom. The van der Waals surface area contributed by atoms with Crippen LogP contribution in [0.3, 0.4) is 0 Å². The summed E-state index contributed by atoms with van der Waals surface area (Å²) >= 11 is 0. The van der Waals surface area contributed by atoms with E-state index in [-0.39, 0.29) is 12.0 Å². The van der Waals surface area contributed by atoms with Crippen LogP contribution in [0, 0.1) is 5.41 Å². The van der Waals surface area contributed by atoms with Gasteiger partial charge in [0, 0.05) is 17.4 Å². The zero-order valence-corrected chi connectivity index (χ0v) is 20.9. The van der Waals surface area contributed by atoms with Crippen LogP contribution < -0.4 is 4.74 Å². The van der Waals surface area contributed by atoms with Crippen molar-refractivity contribution in [3.05, 3.63) is 137 Å². The predicted molar refractivity (Wildman–Crippen MR) is 152 cm³/mol. The highest BCUT2D eigenvalue weighted by Crippen LogP contribution is 2.51. The average molecular weight is 482 g/mol. The molecule has 2 nitrogen and oxygen atoms in total. The second-order valence-electron chi connectivity index (χ2n) is 10.7. The summed E-state index contributed by atoms with van der Waals surface area (Å²) in [5.41, 5.74) is 6.92. The number of fused-ring (bicyclic) bond motifs is 4. The van der Waals surface area contributed by atoms with Crippen molar-refractivity contribution < 1.29 is 4.74 Å². The van der Waals surface area contributed by atoms with Crippen LogP contribution in [-0.4, -0.2) is 11.8 Å². The Labute approximate surface area is 218 Å². The molecule has 4 unspecified atom stereocenters. The average Bonchev–Trinajstić information content (AvgIpc) is 3.33. The third-order valence-electron chi connectivity index (χ3n) is 8.53. The molecule has 0 fully saturated rings. The van der Waals surface area contributed by atoms with Crippen molar-refractivity contribution in [3.63, 3.8) is 0 Å². The van der Waals surface area contributed by atoms with Crippen LogP contribution in [0.2, 0.25) is 0 Å². The first-order valence-electron chi connectivity index (χ1n) is 13.6. The van der Waals surface area contributed by atoms with E-state index in [0.717, 1.165) is 30.6 Å². The van der Waals surface area contributed by atoms with Crippen LogP contribution in [0.1, 0.15) is 65.7 Å². The predicted octanol–water partition coefficient (Wildman–Crippen LogP) is 8.69. The summed E-state index contributed by atoms with van der Waals surface area (Å²) in [4.78, 5) is 0. The fraction of sp³-hybridized carbons (Fsp3) is 0.229. The van der Waals surface area contributed by atoms with Gasteiger partial charge in [0.05, 0.1) is 5.71 Å². The lowest BCUT2D eigenvalue weighted by Crippen LogP contribution is -2.25. The molecule has 4 aromatic carbocycles. The van der Waals surface area contributed by atoms with Crippen molar-refractivity contribution >= 4 is 16.5 Å². The molecule has 182 valence electrons. The van der Waals surface area contributed by atoms with E-state index in [1.54, 1.807) is 0 Å². The van der Waals surface area contributed by atoms with Gasteiger partial charge in [-0.25, -0.2) is 0 Å². The smallest absolute Gasteiger partial charge is 0.124 e. The molecule has 1 aliphatic heterocycles. The molecular weight excluding hydrogens is 450 g/mol. The van der Waals surface area contributed by atoms with Crippen molar-refractivity contribution in [2.75, 3.05) is 0 Å². The van der Waals surface area contributed by atoms with Gasteiger partial charge in [0.25, 0.3) is 0 Å². The molecule has 2 heteroatoms. The highest BCUT2D eigenvalue weighted by Gasteiger charge is 2.41. The largest absolute Gasteiger partial charge is 0.485 e. The van der Waals surface area contributed by atoms with E-state index in [2.05, 4.69) is 91.0 Å². The van der Waals surface area contributed by atoms with Crippen molar-refractivity contribution in [1.82, 2.24) is 0 Å². The van der Waals surface area contributed by atoms with E-state index in [9.17, 15) is 0 Å². The van der Waals surface area contributed by atoms with Crippen molar-refractivity contribution in [2.45, 2.75) is 49.5 Å². The number of benzene rings is 4. The summed E-state index contributed by atoms with van der Waals surface area (Å²) in [6.07, 6.45) is 11.3. The van der Waals surface area contributed by atoms with Gasteiger partial charge in [-0.3, -0.25) is 5.41 Å². The summed E-state index contributed by atoms with van der Waals surface area (Å²) in [5, 5.41) is 11.5. The minimum atomic E-state index is 0.0885. The van der Waals surface area contributed by atoms with Gasteiger partial charge < -0.3 is 4.74 Å². The first-order chi connectivity index (χ1) is 18.3. The van der Waals surface area contributed by atoms with Gasteiger partial charge in [-0.05, 0) is 82.8 Å². The van der Waals surface area contributed by atoms with Gasteiger partial charge in [-0.2, -0.15) is 0 Å². The number of hydrogen-bond acceptors (Lipinski definition) is 2. The number of hydrogen-bond donors (Lipinski definition) is 1. The van der Waals surface area contributed by atoms with Crippen LogP contribution in [-0.2, 0) is 0 Å². The highest BCUT2D eigenvalue weighted by molar-refractivity contribution is 6.11. The maximum atomic E-state index is 9.00. The topological polar surface area (TPSA) is 33.1 Å². The third-order valence-corrected chi connectivity index (χ3v) is 8.53. The van der Waals surface area contributed by atoms with E-state index in [1.807, 2.05) is 18.2 Å². The standard InChI is InChI=1S/C35H31NO/c36-35(23-10-2-1-3-11-23)30-17-7-6-16-28(30)26-14-8-15-27(20-26)29-18-9-19-32-34(29)31-21-24-12-4-5-13-25(24)22-33(31)37-32/h1-5,8-15,17,19-22,28-29,32,34,36H,6-7,16,18H2. The molecule has 0 amide bonds. The Bertz CT molecular complexity index is 1550.